The van der Waals surface area contributed by atoms with E-state index in [4.69, 9.17) is 16.1 Å². The maximum atomic E-state index is 16.7. The summed E-state index contributed by atoms with van der Waals surface area (Å²) in [5.41, 5.74) is -0.414. The fourth-order valence-corrected chi connectivity index (χ4v) is 7.96. The molecule has 1 aliphatic carbocycles. The molecule has 0 unspecified atom stereocenters. The van der Waals surface area contributed by atoms with Crippen molar-refractivity contribution in [1.29, 1.82) is 0 Å². The lowest BCUT2D eigenvalue weighted by atomic mass is 9.71. The number of terminal acetylenes is 1. The van der Waals surface area contributed by atoms with Crippen molar-refractivity contribution in [2.75, 3.05) is 37.7 Å². The number of halogens is 3. The molecule has 7 nitrogen and oxygen atoms in total. The van der Waals surface area contributed by atoms with E-state index in [9.17, 15) is 13.9 Å². The highest BCUT2D eigenvalue weighted by atomic mass is 19.1. The molecule has 2 bridgehead atoms. The first-order chi connectivity index (χ1) is 20.8. The van der Waals surface area contributed by atoms with Crippen molar-refractivity contribution in [1.82, 2.24) is 19.9 Å². The highest BCUT2D eigenvalue weighted by Crippen LogP contribution is 2.44. The van der Waals surface area contributed by atoms with E-state index in [1.807, 2.05) is 0 Å². The highest BCUT2D eigenvalue weighted by Gasteiger charge is 2.49. The minimum Gasteiger partial charge on any atom is -0.508 e. The number of phenols is 1. The van der Waals surface area contributed by atoms with Gasteiger partial charge in [0.15, 0.2) is 5.82 Å². The van der Waals surface area contributed by atoms with Gasteiger partial charge in [-0.05, 0) is 67.6 Å². The summed E-state index contributed by atoms with van der Waals surface area (Å²) in [6.45, 7) is 3.03. The molecule has 43 heavy (non-hydrogen) atoms. The summed E-state index contributed by atoms with van der Waals surface area (Å²) in [5, 5.41) is 11.6. The molecule has 2 aromatic carbocycles. The summed E-state index contributed by atoms with van der Waals surface area (Å²) < 4.78 is 52.0. The molecule has 9 rings (SSSR count). The molecule has 1 saturated carbocycles. The maximum absolute atomic E-state index is 16.7. The van der Waals surface area contributed by atoms with Crippen LogP contribution in [0.5, 0.6) is 11.8 Å². The average molecular weight is 586 g/mol. The quantitative estimate of drug-likeness (QED) is 0.305. The first-order valence-corrected chi connectivity index (χ1v) is 14.9. The van der Waals surface area contributed by atoms with Crippen molar-refractivity contribution in [3.8, 4) is 35.4 Å². The predicted molar refractivity (Wildman–Crippen MR) is 157 cm³/mol. The zero-order valence-corrected chi connectivity index (χ0v) is 23.5. The van der Waals surface area contributed by atoms with Gasteiger partial charge in [-0.3, -0.25) is 9.88 Å². The van der Waals surface area contributed by atoms with Crippen LogP contribution in [-0.4, -0.2) is 69.5 Å². The van der Waals surface area contributed by atoms with Gasteiger partial charge in [-0.2, -0.15) is 9.97 Å². The number of aromatic hydroxyl groups is 1. The van der Waals surface area contributed by atoms with Gasteiger partial charge < -0.3 is 14.7 Å². The van der Waals surface area contributed by atoms with Gasteiger partial charge in [0.25, 0.3) is 0 Å². The number of benzene rings is 2. The summed E-state index contributed by atoms with van der Waals surface area (Å²) in [7, 11) is 0. The minimum atomic E-state index is -0.905. The third kappa shape index (κ3) is 4.20. The first kappa shape index (κ1) is 26.5. The number of piperidine rings is 2. The molecule has 1 N–H and O–H groups in total. The van der Waals surface area contributed by atoms with Crippen molar-refractivity contribution in [2.45, 2.75) is 43.8 Å². The van der Waals surface area contributed by atoms with Crippen molar-refractivity contribution in [3.63, 3.8) is 0 Å². The lowest BCUT2D eigenvalue weighted by molar-refractivity contribution is 0.107. The number of aromatic nitrogens is 3. The Kier molecular flexibility index (Phi) is 5.99. The number of hydrogen-bond donors (Lipinski definition) is 1. The molecule has 4 aliphatic heterocycles. The third-order valence-corrected chi connectivity index (χ3v) is 9.92. The van der Waals surface area contributed by atoms with Crippen molar-refractivity contribution < 1.29 is 23.0 Å². The molecule has 10 heteroatoms. The number of ether oxygens (including phenoxy) is 1. The summed E-state index contributed by atoms with van der Waals surface area (Å²) >= 11 is 0. The fraction of sp³-hybridized carbons (Fsp3) is 0.424. The molecule has 0 amide bonds. The summed E-state index contributed by atoms with van der Waals surface area (Å²) in [4.78, 5) is 18.1. The van der Waals surface area contributed by atoms with E-state index in [0.717, 1.165) is 32.5 Å². The van der Waals surface area contributed by atoms with E-state index in [0.29, 0.717) is 41.4 Å². The molecule has 4 aromatic rings. The van der Waals surface area contributed by atoms with Crippen LogP contribution in [0, 0.1) is 35.8 Å². The SMILES string of the molecule is C#Cc1c(F)ccc2cc(O)cc(-c3ncc4c(N5CC6CC(C6)C5)nc(OC[C@@]56CCCN5C[C@H](F)C6)nc4c3F)c12. The molecule has 6 heterocycles. The Balaban J connectivity index is 1.27. The molecule has 2 aromatic heterocycles. The Morgan fingerprint density at radius 1 is 1.12 bits per heavy atom. The Morgan fingerprint density at radius 3 is 2.72 bits per heavy atom. The van der Waals surface area contributed by atoms with E-state index in [1.54, 1.807) is 0 Å². The van der Waals surface area contributed by atoms with Gasteiger partial charge in [0.2, 0.25) is 0 Å². The smallest absolute Gasteiger partial charge is 0.319 e. The average Bonchev–Trinajstić information content (AvgIpc) is 3.51. The lowest BCUT2D eigenvalue weighted by Crippen LogP contribution is -2.49. The van der Waals surface area contributed by atoms with Crippen LogP contribution in [0.1, 0.15) is 37.7 Å². The molecule has 2 atom stereocenters. The van der Waals surface area contributed by atoms with Crippen LogP contribution in [0.25, 0.3) is 32.9 Å². The van der Waals surface area contributed by atoms with E-state index in [2.05, 4.69) is 25.7 Å². The second-order valence-corrected chi connectivity index (χ2v) is 12.6. The van der Waals surface area contributed by atoms with Crippen LogP contribution in [0.4, 0.5) is 19.0 Å². The second-order valence-electron chi connectivity index (χ2n) is 12.6. The van der Waals surface area contributed by atoms with Crippen LogP contribution in [-0.2, 0) is 0 Å². The fourth-order valence-electron chi connectivity index (χ4n) is 7.96. The van der Waals surface area contributed by atoms with Gasteiger partial charge in [0.05, 0.1) is 16.5 Å². The molecule has 5 aliphatic rings. The number of phenolic OH excluding ortho intramolecular Hbond substituents is 1. The standard InChI is InChI=1S/C33H30F3N5O2/c1-2-23-26(35)5-4-20-10-22(42)11-24(27(20)23)29-28(36)30-25(13-37-29)31(40-14-18-8-19(9-18)15-40)39-32(38-30)43-17-33-6-3-7-41(33)16-21(34)12-33/h1,4-5,10-11,13,18-19,21,42H,3,6-9,12,14-17H2/t18?,19?,21-,33+/m1/s1. The van der Waals surface area contributed by atoms with Gasteiger partial charge in [-0.25, -0.2) is 13.2 Å². The number of hydrogen-bond acceptors (Lipinski definition) is 7. The van der Waals surface area contributed by atoms with Crippen molar-refractivity contribution in [2.24, 2.45) is 11.8 Å². The first-order valence-electron chi connectivity index (χ1n) is 14.9. The number of pyridine rings is 1. The Bertz CT molecular complexity index is 1830. The van der Waals surface area contributed by atoms with Crippen LogP contribution in [0.2, 0.25) is 0 Å². The predicted octanol–water partition coefficient (Wildman–Crippen LogP) is 5.61. The van der Waals surface area contributed by atoms with E-state index >= 15 is 4.39 Å². The second kappa shape index (κ2) is 9.71. The summed E-state index contributed by atoms with van der Waals surface area (Å²) in [6.07, 6.45) is 10.8. The topological polar surface area (TPSA) is 74.6 Å². The van der Waals surface area contributed by atoms with Gasteiger partial charge in [-0.1, -0.05) is 12.0 Å². The van der Waals surface area contributed by atoms with Crippen LogP contribution in [0.15, 0.2) is 30.5 Å². The highest BCUT2D eigenvalue weighted by molar-refractivity contribution is 6.03. The molecule has 5 fully saturated rings. The Morgan fingerprint density at radius 2 is 1.93 bits per heavy atom. The third-order valence-electron chi connectivity index (χ3n) is 9.92. The number of anilines is 1. The van der Waals surface area contributed by atoms with Crippen LogP contribution in [0.3, 0.4) is 0 Å². The Labute approximate surface area is 246 Å². The minimum absolute atomic E-state index is 0.00923. The number of nitrogens with zero attached hydrogens (tertiary/aromatic N) is 5. The number of fused-ring (bicyclic) bond motifs is 5. The van der Waals surface area contributed by atoms with Crippen LogP contribution >= 0.6 is 0 Å². The van der Waals surface area contributed by atoms with Crippen molar-refractivity contribution in [3.05, 3.63) is 47.7 Å². The van der Waals surface area contributed by atoms with Gasteiger partial charge in [-0.15, -0.1) is 6.42 Å². The van der Waals surface area contributed by atoms with Gasteiger partial charge in [0, 0.05) is 43.2 Å². The molecular formula is C33H30F3N5O2. The largest absolute Gasteiger partial charge is 0.508 e. The summed E-state index contributed by atoms with van der Waals surface area (Å²) in [5.74, 6) is 2.53. The molecule has 0 spiro atoms. The molecule has 4 saturated heterocycles. The number of alkyl halides is 1. The number of rotatable bonds is 5. The monoisotopic (exact) mass is 585 g/mol. The molecule has 0 radical (unpaired) electrons. The molecule has 220 valence electrons. The van der Waals surface area contributed by atoms with E-state index in [1.165, 1.54) is 43.3 Å². The normalized spacial score (nSPS) is 26.5. The lowest BCUT2D eigenvalue weighted by Gasteiger charge is -2.47. The van der Waals surface area contributed by atoms with Crippen LogP contribution < -0.4 is 9.64 Å². The summed E-state index contributed by atoms with van der Waals surface area (Å²) in [6, 6.07) is 5.51. The van der Waals surface area contributed by atoms with Gasteiger partial charge in [0.1, 0.15) is 41.4 Å². The van der Waals surface area contributed by atoms with Crippen molar-refractivity contribution >= 4 is 27.5 Å². The Hall–Kier alpha value is -4.10. The van der Waals surface area contributed by atoms with E-state index < -0.39 is 23.3 Å². The zero-order valence-electron chi connectivity index (χ0n) is 23.5. The zero-order chi connectivity index (χ0) is 29.5. The van der Waals surface area contributed by atoms with Gasteiger partial charge >= 0.3 is 6.01 Å². The maximum Gasteiger partial charge on any atom is 0.319 e. The molecular weight excluding hydrogens is 555 g/mol. The van der Waals surface area contributed by atoms with E-state index in [-0.39, 0.29) is 46.1 Å².